The minimum absolute atomic E-state index is 0.441. The zero-order valence-electron chi connectivity index (χ0n) is 7.87. The van der Waals surface area contributed by atoms with Crippen LogP contribution in [0.15, 0.2) is 39.0 Å². The molecule has 1 aromatic rings. The molecule has 0 atom stereocenters. The third-order valence-electron chi connectivity index (χ3n) is 1.36. The number of halogens is 1. The van der Waals surface area contributed by atoms with Gasteiger partial charge in [0, 0.05) is 6.54 Å². The van der Waals surface area contributed by atoms with Crippen molar-refractivity contribution in [3.05, 3.63) is 35.2 Å². The summed E-state index contributed by atoms with van der Waals surface area (Å²) in [6, 6.07) is 3.57. The van der Waals surface area contributed by atoms with Gasteiger partial charge in [0.15, 0.2) is 9.78 Å². The normalized spacial score (nSPS) is 10.2. The van der Waals surface area contributed by atoms with Crippen molar-refractivity contribution >= 4 is 39.5 Å². The largest absolute Gasteiger partial charge is 0.448 e. The van der Waals surface area contributed by atoms with E-state index in [0.717, 1.165) is 0 Å². The van der Waals surface area contributed by atoms with Gasteiger partial charge < -0.3 is 9.73 Å². The van der Waals surface area contributed by atoms with E-state index in [2.05, 4.69) is 38.4 Å². The van der Waals surface area contributed by atoms with Crippen molar-refractivity contribution in [1.82, 2.24) is 10.7 Å². The van der Waals surface area contributed by atoms with Gasteiger partial charge in [-0.1, -0.05) is 6.08 Å². The predicted octanol–water partition coefficient (Wildman–Crippen LogP) is 2.03. The fourth-order valence-corrected chi connectivity index (χ4v) is 1.21. The third kappa shape index (κ3) is 4.75. The number of nitrogens with zero attached hydrogens (tertiary/aromatic N) is 1. The topological polar surface area (TPSA) is 49.6 Å². The van der Waals surface area contributed by atoms with E-state index in [4.69, 9.17) is 16.6 Å². The van der Waals surface area contributed by atoms with E-state index in [9.17, 15) is 0 Å². The first-order valence-corrected chi connectivity index (χ1v) is 5.35. The van der Waals surface area contributed by atoms with Crippen molar-refractivity contribution in [2.45, 2.75) is 0 Å². The zero-order valence-corrected chi connectivity index (χ0v) is 10.3. The standard InChI is InChI=1S/C9H10BrN3OS/c1-2-5-11-9(15)13-12-6-7-3-4-8(10)14-7/h2-4,6H,1,5H2,(H2,11,13,15). The van der Waals surface area contributed by atoms with E-state index in [1.54, 1.807) is 18.2 Å². The minimum atomic E-state index is 0.441. The van der Waals surface area contributed by atoms with Crippen LogP contribution in [-0.4, -0.2) is 17.9 Å². The lowest BCUT2D eigenvalue weighted by Gasteiger charge is -2.02. The molecular weight excluding hydrogens is 278 g/mol. The van der Waals surface area contributed by atoms with Gasteiger partial charge in [0.1, 0.15) is 5.76 Å². The second-order valence-corrected chi connectivity index (χ2v) is 3.70. The summed E-state index contributed by atoms with van der Waals surface area (Å²) in [6.45, 7) is 4.16. The van der Waals surface area contributed by atoms with Crippen molar-refractivity contribution in [1.29, 1.82) is 0 Å². The molecule has 1 rings (SSSR count). The fraction of sp³-hybridized carbons (Fsp3) is 0.111. The van der Waals surface area contributed by atoms with Crippen LogP contribution in [0.4, 0.5) is 0 Å². The van der Waals surface area contributed by atoms with Crippen LogP contribution < -0.4 is 10.7 Å². The molecule has 15 heavy (non-hydrogen) atoms. The minimum Gasteiger partial charge on any atom is -0.448 e. The number of nitrogens with one attached hydrogen (secondary N) is 2. The highest BCUT2D eigenvalue weighted by molar-refractivity contribution is 9.10. The molecular formula is C9H10BrN3OS. The van der Waals surface area contributed by atoms with Gasteiger partial charge in [0.05, 0.1) is 6.21 Å². The van der Waals surface area contributed by atoms with E-state index >= 15 is 0 Å². The summed E-state index contributed by atoms with van der Waals surface area (Å²) < 4.78 is 5.86. The van der Waals surface area contributed by atoms with E-state index in [1.807, 2.05) is 0 Å². The van der Waals surface area contributed by atoms with Gasteiger partial charge in [-0.05, 0) is 40.3 Å². The highest BCUT2D eigenvalue weighted by Gasteiger charge is 1.94. The Hall–Kier alpha value is -1.14. The van der Waals surface area contributed by atoms with Crippen molar-refractivity contribution < 1.29 is 4.42 Å². The summed E-state index contributed by atoms with van der Waals surface area (Å²) >= 11 is 8.11. The van der Waals surface area contributed by atoms with Gasteiger partial charge in [-0.15, -0.1) is 6.58 Å². The average Bonchev–Trinajstić information content (AvgIpc) is 2.61. The number of furan rings is 1. The van der Waals surface area contributed by atoms with Gasteiger partial charge in [-0.2, -0.15) is 5.10 Å². The summed E-state index contributed by atoms with van der Waals surface area (Å²) in [5.41, 5.74) is 2.64. The van der Waals surface area contributed by atoms with Crippen LogP contribution in [0.5, 0.6) is 0 Å². The second kappa shape index (κ2) is 6.36. The Morgan fingerprint density at radius 2 is 2.47 bits per heavy atom. The monoisotopic (exact) mass is 287 g/mol. The molecule has 1 aromatic heterocycles. The molecule has 80 valence electrons. The van der Waals surface area contributed by atoms with Gasteiger partial charge >= 0.3 is 0 Å². The molecule has 0 amide bonds. The van der Waals surface area contributed by atoms with Crippen LogP contribution in [0, 0.1) is 0 Å². The Kier molecular flexibility index (Phi) is 5.06. The van der Waals surface area contributed by atoms with Crippen LogP contribution in [0.25, 0.3) is 0 Å². The zero-order chi connectivity index (χ0) is 11.1. The summed E-state index contributed by atoms with van der Waals surface area (Å²) in [5, 5.41) is 7.19. The molecule has 2 N–H and O–H groups in total. The Balaban J connectivity index is 2.33. The number of hydrogen-bond acceptors (Lipinski definition) is 3. The first-order chi connectivity index (χ1) is 7.22. The smallest absolute Gasteiger partial charge is 0.187 e. The highest BCUT2D eigenvalue weighted by atomic mass is 79.9. The van der Waals surface area contributed by atoms with Crippen molar-refractivity contribution in [2.75, 3.05) is 6.54 Å². The molecule has 0 saturated heterocycles. The maximum Gasteiger partial charge on any atom is 0.187 e. The van der Waals surface area contributed by atoms with Crippen LogP contribution in [0.3, 0.4) is 0 Å². The summed E-state index contributed by atoms with van der Waals surface area (Å²) in [7, 11) is 0. The van der Waals surface area contributed by atoms with E-state index in [-0.39, 0.29) is 0 Å². The molecule has 0 fully saturated rings. The molecule has 0 saturated carbocycles. The Morgan fingerprint density at radius 1 is 1.67 bits per heavy atom. The van der Waals surface area contributed by atoms with Gasteiger partial charge in [0.2, 0.25) is 0 Å². The second-order valence-electron chi connectivity index (χ2n) is 2.51. The number of hydrazone groups is 1. The van der Waals surface area contributed by atoms with E-state index < -0.39 is 0 Å². The molecule has 0 aromatic carbocycles. The molecule has 0 spiro atoms. The highest BCUT2D eigenvalue weighted by Crippen LogP contribution is 2.11. The van der Waals surface area contributed by atoms with E-state index in [0.29, 0.717) is 22.1 Å². The molecule has 0 bridgehead atoms. The molecule has 6 heteroatoms. The van der Waals surface area contributed by atoms with Crippen molar-refractivity contribution in [2.24, 2.45) is 5.10 Å². The van der Waals surface area contributed by atoms with Crippen molar-refractivity contribution in [3.8, 4) is 0 Å². The first-order valence-electron chi connectivity index (χ1n) is 4.15. The summed E-state index contributed by atoms with van der Waals surface area (Å²) in [6.07, 6.45) is 3.24. The molecule has 0 aliphatic carbocycles. The maximum atomic E-state index is 5.19. The molecule has 0 radical (unpaired) electrons. The lowest BCUT2D eigenvalue weighted by atomic mass is 10.5. The Labute approximate surface area is 102 Å². The Morgan fingerprint density at radius 3 is 3.07 bits per heavy atom. The molecule has 1 heterocycles. The molecule has 0 unspecified atom stereocenters. The SMILES string of the molecule is C=CCNC(=S)NN=Cc1ccc(Br)o1. The van der Waals surface area contributed by atoms with Gasteiger partial charge in [-0.3, -0.25) is 5.43 Å². The lowest BCUT2D eigenvalue weighted by molar-refractivity contribution is 0.534. The van der Waals surface area contributed by atoms with Gasteiger partial charge in [0.25, 0.3) is 0 Å². The number of rotatable bonds is 4. The molecule has 0 aliphatic rings. The average molecular weight is 288 g/mol. The van der Waals surface area contributed by atoms with Crippen LogP contribution in [0.1, 0.15) is 5.76 Å². The summed E-state index contributed by atoms with van der Waals surface area (Å²) in [5.74, 6) is 0.640. The van der Waals surface area contributed by atoms with E-state index in [1.165, 1.54) is 6.21 Å². The quantitative estimate of drug-likeness (QED) is 0.385. The van der Waals surface area contributed by atoms with Crippen LogP contribution in [-0.2, 0) is 0 Å². The van der Waals surface area contributed by atoms with Crippen LogP contribution >= 0.6 is 28.1 Å². The molecule has 4 nitrogen and oxygen atoms in total. The number of thiocarbonyl (C=S) groups is 1. The lowest BCUT2D eigenvalue weighted by Crippen LogP contribution is -2.31. The number of hydrogen-bond donors (Lipinski definition) is 2. The van der Waals surface area contributed by atoms with Crippen LogP contribution in [0.2, 0.25) is 0 Å². The third-order valence-corrected chi connectivity index (χ3v) is 2.02. The Bertz CT molecular complexity index is 375. The van der Waals surface area contributed by atoms with Gasteiger partial charge in [-0.25, -0.2) is 0 Å². The first kappa shape index (κ1) is 11.9. The summed E-state index contributed by atoms with van der Waals surface area (Å²) in [4.78, 5) is 0. The maximum absolute atomic E-state index is 5.19. The predicted molar refractivity (Wildman–Crippen MR) is 67.9 cm³/mol. The fourth-order valence-electron chi connectivity index (χ4n) is 0.757. The van der Waals surface area contributed by atoms with Crippen molar-refractivity contribution in [3.63, 3.8) is 0 Å². The molecule has 0 aliphatic heterocycles.